The molecule has 0 bridgehead atoms. The van der Waals surface area contributed by atoms with Gasteiger partial charge in [-0.05, 0) is 29.3 Å². The van der Waals surface area contributed by atoms with E-state index < -0.39 is 11.9 Å². The van der Waals surface area contributed by atoms with Gasteiger partial charge in [0.25, 0.3) is 0 Å². The van der Waals surface area contributed by atoms with Crippen LogP contribution in [0.3, 0.4) is 0 Å². The number of benzene rings is 1. The fraction of sp³-hybridized carbons (Fsp3) is 0.235. The van der Waals surface area contributed by atoms with Gasteiger partial charge in [0.1, 0.15) is 11.6 Å². The van der Waals surface area contributed by atoms with Gasteiger partial charge in [0, 0.05) is 19.8 Å². The van der Waals surface area contributed by atoms with E-state index in [0.29, 0.717) is 11.3 Å². The van der Waals surface area contributed by atoms with Crippen LogP contribution in [-0.2, 0) is 19.8 Å². The van der Waals surface area contributed by atoms with Crippen molar-refractivity contribution in [3.63, 3.8) is 0 Å². The third-order valence-electron chi connectivity index (χ3n) is 3.87. The Hall–Kier alpha value is -3.01. The number of rotatable bonds is 5. The second kappa shape index (κ2) is 7.55. The third-order valence-corrected chi connectivity index (χ3v) is 4.06. The minimum absolute atomic E-state index is 0.0246. The largest absolute Gasteiger partial charge is 0.503 e. The van der Waals surface area contributed by atoms with Crippen molar-refractivity contribution >= 4 is 17.4 Å². The van der Waals surface area contributed by atoms with Crippen molar-refractivity contribution in [2.75, 3.05) is 12.4 Å². The molecule has 0 aliphatic carbocycles. The summed E-state index contributed by atoms with van der Waals surface area (Å²) in [6.07, 6.45) is -2.44. The lowest BCUT2D eigenvalue weighted by Crippen LogP contribution is -2.05. The lowest BCUT2D eigenvalue weighted by molar-refractivity contribution is -0.140. The van der Waals surface area contributed by atoms with Gasteiger partial charge in [-0.15, -0.1) is 0 Å². The van der Waals surface area contributed by atoms with Crippen molar-refractivity contribution in [3.8, 4) is 22.9 Å². The van der Waals surface area contributed by atoms with E-state index in [9.17, 15) is 18.3 Å². The fourth-order valence-electron chi connectivity index (χ4n) is 2.55. The van der Waals surface area contributed by atoms with Crippen LogP contribution in [0.1, 0.15) is 11.3 Å². The summed E-state index contributed by atoms with van der Waals surface area (Å²) in [5.74, 6) is 0.471. The number of aromatic nitrogens is 4. The zero-order valence-corrected chi connectivity index (χ0v) is 15.5. The van der Waals surface area contributed by atoms with E-state index in [0.717, 1.165) is 11.8 Å². The zero-order chi connectivity index (χ0) is 20.5. The minimum Gasteiger partial charge on any atom is -0.503 e. The van der Waals surface area contributed by atoms with E-state index in [1.54, 1.807) is 18.2 Å². The first-order valence-electron chi connectivity index (χ1n) is 7.92. The van der Waals surface area contributed by atoms with Crippen LogP contribution in [0.2, 0.25) is 5.28 Å². The molecule has 2 heterocycles. The summed E-state index contributed by atoms with van der Waals surface area (Å²) in [5.41, 5.74) is 0.172. The molecule has 0 unspecified atom stereocenters. The molecular weight excluding hydrogens is 399 g/mol. The molecule has 0 saturated carbocycles. The predicted molar refractivity (Wildman–Crippen MR) is 96.2 cm³/mol. The normalized spacial score (nSPS) is 11.5. The van der Waals surface area contributed by atoms with Crippen LogP contribution in [0, 0.1) is 0 Å². The molecule has 2 aromatic heterocycles. The van der Waals surface area contributed by atoms with Gasteiger partial charge in [0.2, 0.25) is 5.28 Å². The van der Waals surface area contributed by atoms with E-state index >= 15 is 0 Å². The number of imidazole rings is 1. The molecule has 148 valence electrons. The standard InChI is InChI=1S/C17H15ClF3N5O2/c1-26-8-13(17(19,20)21)24-15(26)10-4-3-9(5-12(10)28-2)6-22-14-11(27)7-23-16(18)25-14/h3-5,7-8,27H,6H2,1-2H3,(H,22,23,25). The number of aryl methyl sites for hydroxylation is 1. The highest BCUT2D eigenvalue weighted by atomic mass is 35.5. The Bertz CT molecular complexity index is 1010. The van der Waals surface area contributed by atoms with Crippen LogP contribution >= 0.6 is 11.6 Å². The van der Waals surface area contributed by atoms with Gasteiger partial charge in [-0.3, -0.25) is 0 Å². The molecule has 3 rings (SSSR count). The number of methoxy groups -OCH3 is 1. The molecular formula is C17H15ClF3N5O2. The maximum absolute atomic E-state index is 12.9. The molecule has 0 atom stereocenters. The smallest absolute Gasteiger partial charge is 0.434 e. The van der Waals surface area contributed by atoms with Crippen molar-refractivity contribution in [2.24, 2.45) is 7.05 Å². The molecule has 0 saturated heterocycles. The first kappa shape index (κ1) is 19.7. The summed E-state index contributed by atoms with van der Waals surface area (Å²) in [7, 11) is 2.90. The molecule has 3 aromatic rings. The topological polar surface area (TPSA) is 85.1 Å². The van der Waals surface area contributed by atoms with Crippen LogP contribution in [0.5, 0.6) is 11.5 Å². The van der Waals surface area contributed by atoms with E-state index in [4.69, 9.17) is 16.3 Å². The average Bonchev–Trinajstić information content (AvgIpc) is 3.04. The Morgan fingerprint density at radius 1 is 1.29 bits per heavy atom. The molecule has 0 amide bonds. The molecule has 0 aliphatic rings. The SMILES string of the molecule is COc1cc(CNc2nc(Cl)ncc2O)ccc1-c1nc(C(F)(F)F)cn1C. The first-order chi connectivity index (χ1) is 13.2. The molecule has 2 N–H and O–H groups in total. The van der Waals surface area contributed by atoms with Crippen LogP contribution in [0.25, 0.3) is 11.4 Å². The van der Waals surface area contributed by atoms with Crippen molar-refractivity contribution in [3.05, 3.63) is 47.1 Å². The molecule has 1 aromatic carbocycles. The number of nitrogens with zero attached hydrogens (tertiary/aromatic N) is 4. The molecule has 0 fully saturated rings. The van der Waals surface area contributed by atoms with Gasteiger partial charge in [-0.1, -0.05) is 6.07 Å². The number of hydrogen-bond acceptors (Lipinski definition) is 6. The number of hydrogen-bond donors (Lipinski definition) is 2. The van der Waals surface area contributed by atoms with E-state index in [1.807, 2.05) is 0 Å². The van der Waals surface area contributed by atoms with Gasteiger partial charge in [-0.2, -0.15) is 18.2 Å². The Morgan fingerprint density at radius 2 is 2.04 bits per heavy atom. The maximum Gasteiger partial charge on any atom is 0.434 e. The van der Waals surface area contributed by atoms with E-state index in [1.165, 1.54) is 24.9 Å². The molecule has 0 aliphatic heterocycles. The number of nitrogens with one attached hydrogen (secondary N) is 1. The molecule has 28 heavy (non-hydrogen) atoms. The Morgan fingerprint density at radius 3 is 2.68 bits per heavy atom. The van der Waals surface area contributed by atoms with Crippen LogP contribution in [0.15, 0.2) is 30.6 Å². The summed E-state index contributed by atoms with van der Waals surface area (Å²) in [6.45, 7) is 0.256. The second-order valence-corrected chi connectivity index (χ2v) is 6.16. The van der Waals surface area contributed by atoms with E-state index in [2.05, 4.69) is 20.3 Å². The number of alkyl halides is 3. The lowest BCUT2D eigenvalue weighted by Gasteiger charge is -2.12. The number of halogens is 4. The zero-order valence-electron chi connectivity index (χ0n) is 14.8. The van der Waals surface area contributed by atoms with Crippen molar-refractivity contribution in [1.29, 1.82) is 0 Å². The molecule has 11 heteroatoms. The van der Waals surface area contributed by atoms with Crippen LogP contribution in [0.4, 0.5) is 19.0 Å². The van der Waals surface area contributed by atoms with Gasteiger partial charge >= 0.3 is 6.18 Å². The minimum atomic E-state index is -4.53. The van der Waals surface area contributed by atoms with Gasteiger partial charge in [0.05, 0.1) is 18.9 Å². The first-order valence-corrected chi connectivity index (χ1v) is 8.30. The van der Waals surface area contributed by atoms with Crippen molar-refractivity contribution in [2.45, 2.75) is 12.7 Å². The van der Waals surface area contributed by atoms with Gasteiger partial charge in [0.15, 0.2) is 17.3 Å². The summed E-state index contributed by atoms with van der Waals surface area (Å²) >= 11 is 5.70. The summed E-state index contributed by atoms with van der Waals surface area (Å²) < 4.78 is 45.3. The highest BCUT2D eigenvalue weighted by molar-refractivity contribution is 6.28. The molecule has 0 spiro atoms. The highest BCUT2D eigenvalue weighted by Crippen LogP contribution is 2.34. The summed E-state index contributed by atoms with van der Waals surface area (Å²) in [5, 5.41) is 12.6. The quantitative estimate of drug-likeness (QED) is 0.617. The lowest BCUT2D eigenvalue weighted by atomic mass is 10.1. The van der Waals surface area contributed by atoms with Crippen molar-refractivity contribution < 1.29 is 23.0 Å². The molecule has 7 nitrogen and oxygen atoms in total. The van der Waals surface area contributed by atoms with Crippen molar-refractivity contribution in [1.82, 2.24) is 19.5 Å². The Labute approximate surface area is 162 Å². The highest BCUT2D eigenvalue weighted by Gasteiger charge is 2.34. The Balaban J connectivity index is 1.87. The fourth-order valence-corrected chi connectivity index (χ4v) is 2.69. The number of aromatic hydroxyl groups is 1. The van der Waals surface area contributed by atoms with Gasteiger partial charge < -0.3 is 19.7 Å². The summed E-state index contributed by atoms with van der Waals surface area (Å²) in [6, 6.07) is 4.97. The maximum atomic E-state index is 12.9. The average molecular weight is 414 g/mol. The number of anilines is 1. The van der Waals surface area contributed by atoms with Crippen LogP contribution in [-0.4, -0.2) is 31.7 Å². The van der Waals surface area contributed by atoms with Crippen LogP contribution < -0.4 is 10.1 Å². The number of ether oxygens (including phenoxy) is 1. The predicted octanol–water partition coefficient (Wildman–Crippen LogP) is 3.88. The van der Waals surface area contributed by atoms with Gasteiger partial charge in [-0.25, -0.2) is 9.97 Å². The van der Waals surface area contributed by atoms with E-state index in [-0.39, 0.29) is 29.2 Å². The summed E-state index contributed by atoms with van der Waals surface area (Å²) in [4.78, 5) is 11.2. The third kappa shape index (κ3) is 4.11. The Kier molecular flexibility index (Phi) is 5.32. The molecule has 0 radical (unpaired) electrons. The monoisotopic (exact) mass is 413 g/mol. The second-order valence-electron chi connectivity index (χ2n) is 5.82.